The maximum atomic E-state index is 14.6. The Morgan fingerprint density at radius 3 is 2.50 bits per heavy atom. The highest BCUT2D eigenvalue weighted by Crippen LogP contribution is 2.22. The van der Waals surface area contributed by atoms with Gasteiger partial charge in [-0.15, -0.1) is 24.0 Å². The zero-order valence-electron chi connectivity index (χ0n) is 17.9. The molecule has 0 aliphatic rings. The highest BCUT2D eigenvalue weighted by Gasteiger charge is 2.11. The van der Waals surface area contributed by atoms with E-state index in [1.807, 2.05) is 13.0 Å². The zero-order chi connectivity index (χ0) is 22.4. The molecule has 2 aromatic carbocycles. The van der Waals surface area contributed by atoms with Crippen LogP contribution in [0.2, 0.25) is 0 Å². The number of aryl methyl sites for hydroxylation is 2. The Bertz CT molecular complexity index is 1070. The SMILES string of the molecule is CN=C(NCc1ccc(-n2ccnc2C)c(F)c1)NCc1cc(C)ccc1OC(F)F.I. The summed E-state index contributed by atoms with van der Waals surface area (Å²) in [7, 11) is 1.59. The van der Waals surface area contributed by atoms with Crippen LogP contribution in [0.15, 0.2) is 53.8 Å². The molecule has 0 bridgehead atoms. The van der Waals surface area contributed by atoms with Gasteiger partial charge in [-0.1, -0.05) is 23.8 Å². The maximum absolute atomic E-state index is 14.6. The second kappa shape index (κ2) is 11.7. The number of hydrogen-bond donors (Lipinski definition) is 2. The van der Waals surface area contributed by atoms with E-state index < -0.39 is 6.61 Å². The highest BCUT2D eigenvalue weighted by atomic mass is 127. The third kappa shape index (κ3) is 6.62. The number of benzene rings is 2. The first-order valence-corrected chi connectivity index (χ1v) is 9.65. The number of hydrogen-bond acceptors (Lipinski definition) is 3. The Balaban J connectivity index is 0.00000363. The summed E-state index contributed by atoms with van der Waals surface area (Å²) in [6.45, 7) is 1.33. The predicted octanol–water partition coefficient (Wildman–Crippen LogP) is 4.71. The van der Waals surface area contributed by atoms with Crippen molar-refractivity contribution < 1.29 is 17.9 Å². The quantitative estimate of drug-likeness (QED) is 0.250. The molecule has 0 aliphatic carbocycles. The molecule has 10 heteroatoms. The van der Waals surface area contributed by atoms with Gasteiger partial charge >= 0.3 is 6.61 Å². The molecule has 0 amide bonds. The van der Waals surface area contributed by atoms with E-state index >= 15 is 0 Å². The molecule has 0 saturated heterocycles. The van der Waals surface area contributed by atoms with Crippen LogP contribution >= 0.6 is 24.0 Å². The summed E-state index contributed by atoms with van der Waals surface area (Å²) in [4.78, 5) is 8.23. The van der Waals surface area contributed by atoms with Crippen molar-refractivity contribution in [2.45, 2.75) is 33.5 Å². The summed E-state index contributed by atoms with van der Waals surface area (Å²) in [6, 6.07) is 9.94. The lowest BCUT2D eigenvalue weighted by molar-refractivity contribution is -0.0504. The minimum Gasteiger partial charge on any atom is -0.434 e. The first-order valence-electron chi connectivity index (χ1n) is 9.65. The van der Waals surface area contributed by atoms with E-state index in [2.05, 4.69) is 25.3 Å². The first kappa shape index (κ1) is 25.5. The van der Waals surface area contributed by atoms with Crippen LogP contribution in [0.4, 0.5) is 13.2 Å². The molecule has 0 atom stereocenters. The fourth-order valence-electron chi connectivity index (χ4n) is 3.13. The average Bonchev–Trinajstić information content (AvgIpc) is 3.15. The van der Waals surface area contributed by atoms with Crippen molar-refractivity contribution in [3.63, 3.8) is 0 Å². The molecule has 0 saturated carbocycles. The Morgan fingerprint density at radius 2 is 1.88 bits per heavy atom. The molecule has 1 heterocycles. The second-order valence-electron chi connectivity index (χ2n) is 6.90. The van der Waals surface area contributed by atoms with Crippen molar-refractivity contribution in [3.8, 4) is 11.4 Å². The molecule has 6 nitrogen and oxygen atoms in total. The summed E-state index contributed by atoms with van der Waals surface area (Å²) in [5.74, 6) is 0.882. The lowest BCUT2D eigenvalue weighted by Crippen LogP contribution is -2.36. The summed E-state index contributed by atoms with van der Waals surface area (Å²) < 4.78 is 46.1. The van der Waals surface area contributed by atoms with Gasteiger partial charge in [-0.25, -0.2) is 9.37 Å². The monoisotopic (exact) mass is 559 g/mol. The number of halogens is 4. The summed E-state index contributed by atoms with van der Waals surface area (Å²) in [6.07, 6.45) is 3.32. The fraction of sp³-hybridized carbons (Fsp3) is 0.273. The number of nitrogens with one attached hydrogen (secondary N) is 2. The molecule has 0 spiro atoms. The number of guanidine groups is 1. The molecule has 0 radical (unpaired) electrons. The Morgan fingerprint density at radius 1 is 1.12 bits per heavy atom. The van der Waals surface area contributed by atoms with Gasteiger partial charge in [-0.3, -0.25) is 4.99 Å². The minimum absolute atomic E-state index is 0. The average molecular weight is 559 g/mol. The van der Waals surface area contributed by atoms with Crippen molar-refractivity contribution >= 4 is 29.9 Å². The van der Waals surface area contributed by atoms with Crippen LogP contribution < -0.4 is 15.4 Å². The molecule has 0 aliphatic heterocycles. The van der Waals surface area contributed by atoms with Gasteiger partial charge in [0.1, 0.15) is 17.4 Å². The molecule has 172 valence electrons. The van der Waals surface area contributed by atoms with E-state index in [-0.39, 0.29) is 42.1 Å². The fourth-order valence-corrected chi connectivity index (χ4v) is 3.13. The number of aliphatic imine (C=N–C) groups is 1. The number of rotatable bonds is 7. The molecule has 2 N–H and O–H groups in total. The van der Waals surface area contributed by atoms with Crippen LogP contribution in [0.5, 0.6) is 5.75 Å². The van der Waals surface area contributed by atoms with Gasteiger partial charge in [0, 0.05) is 38.1 Å². The van der Waals surface area contributed by atoms with E-state index in [4.69, 9.17) is 0 Å². The number of ether oxygens (including phenoxy) is 1. The molecule has 3 rings (SSSR count). The summed E-state index contributed by atoms with van der Waals surface area (Å²) in [5, 5.41) is 6.15. The standard InChI is InChI=1S/C22H24F3N5O.HI/c1-14-4-7-20(31-21(24)25)17(10-14)13-29-22(26-3)28-12-16-5-6-19(18(23)11-16)30-9-8-27-15(30)2;/h4-11,21H,12-13H2,1-3H3,(H2,26,28,29);1H. The van der Waals surface area contributed by atoms with Gasteiger partial charge in [0.25, 0.3) is 0 Å². The van der Waals surface area contributed by atoms with Crippen LogP contribution in [-0.2, 0) is 13.1 Å². The van der Waals surface area contributed by atoms with Crippen molar-refractivity contribution in [3.05, 3.63) is 77.1 Å². The van der Waals surface area contributed by atoms with Gasteiger partial charge < -0.3 is 19.9 Å². The first-order chi connectivity index (χ1) is 14.9. The third-order valence-corrected chi connectivity index (χ3v) is 4.66. The molecular formula is C22H25F3IN5O. The highest BCUT2D eigenvalue weighted by molar-refractivity contribution is 14.0. The number of imidazole rings is 1. The maximum Gasteiger partial charge on any atom is 0.387 e. The largest absolute Gasteiger partial charge is 0.434 e. The van der Waals surface area contributed by atoms with Crippen molar-refractivity contribution in [2.24, 2.45) is 4.99 Å². The number of nitrogens with zero attached hydrogens (tertiary/aromatic N) is 3. The minimum atomic E-state index is -2.90. The van der Waals surface area contributed by atoms with Crippen LogP contribution in [0.25, 0.3) is 5.69 Å². The Labute approximate surface area is 201 Å². The molecule has 3 aromatic rings. The van der Waals surface area contributed by atoms with Gasteiger partial charge in [0.2, 0.25) is 0 Å². The van der Waals surface area contributed by atoms with E-state index in [0.29, 0.717) is 29.6 Å². The van der Waals surface area contributed by atoms with Gasteiger partial charge in [0.05, 0.1) is 5.69 Å². The van der Waals surface area contributed by atoms with Crippen LogP contribution in [0.1, 0.15) is 22.5 Å². The van der Waals surface area contributed by atoms with Gasteiger partial charge in [-0.05, 0) is 37.6 Å². The summed E-state index contributed by atoms with van der Waals surface area (Å²) in [5.41, 5.74) is 2.64. The summed E-state index contributed by atoms with van der Waals surface area (Å²) >= 11 is 0. The van der Waals surface area contributed by atoms with Crippen molar-refractivity contribution in [2.75, 3.05) is 7.05 Å². The van der Waals surface area contributed by atoms with E-state index in [1.165, 1.54) is 12.1 Å². The van der Waals surface area contributed by atoms with Crippen LogP contribution in [-0.4, -0.2) is 29.2 Å². The molecule has 32 heavy (non-hydrogen) atoms. The van der Waals surface area contributed by atoms with E-state index in [0.717, 1.165) is 11.1 Å². The lowest BCUT2D eigenvalue weighted by Gasteiger charge is -2.15. The topological polar surface area (TPSA) is 63.5 Å². The predicted molar refractivity (Wildman–Crippen MR) is 129 cm³/mol. The van der Waals surface area contributed by atoms with E-state index in [1.54, 1.807) is 49.1 Å². The Hall–Kier alpha value is -2.76. The molecule has 0 unspecified atom stereocenters. The van der Waals surface area contributed by atoms with Gasteiger partial charge in [-0.2, -0.15) is 8.78 Å². The number of alkyl halides is 2. The molecular weight excluding hydrogens is 534 g/mol. The lowest BCUT2D eigenvalue weighted by atomic mass is 10.1. The third-order valence-electron chi connectivity index (χ3n) is 4.66. The van der Waals surface area contributed by atoms with Crippen LogP contribution in [0, 0.1) is 19.7 Å². The molecule has 0 fully saturated rings. The smallest absolute Gasteiger partial charge is 0.387 e. The zero-order valence-corrected chi connectivity index (χ0v) is 20.2. The normalized spacial score (nSPS) is 11.3. The van der Waals surface area contributed by atoms with Crippen LogP contribution in [0.3, 0.4) is 0 Å². The number of aromatic nitrogens is 2. The van der Waals surface area contributed by atoms with Gasteiger partial charge in [0.15, 0.2) is 5.96 Å². The Kier molecular flexibility index (Phi) is 9.36. The molecule has 1 aromatic heterocycles. The second-order valence-corrected chi connectivity index (χ2v) is 6.90. The van der Waals surface area contributed by atoms with E-state index in [9.17, 15) is 13.2 Å². The van der Waals surface area contributed by atoms with Crippen molar-refractivity contribution in [1.82, 2.24) is 20.2 Å². The van der Waals surface area contributed by atoms with Crippen molar-refractivity contribution in [1.29, 1.82) is 0 Å².